The van der Waals surface area contributed by atoms with Crippen molar-refractivity contribution >= 4 is 10.9 Å². The highest BCUT2D eigenvalue weighted by Crippen LogP contribution is 2.24. The van der Waals surface area contributed by atoms with Crippen molar-refractivity contribution in [2.24, 2.45) is 0 Å². The van der Waals surface area contributed by atoms with Crippen LogP contribution in [0.25, 0.3) is 10.9 Å². The highest BCUT2D eigenvalue weighted by atomic mass is 16.5. The first-order valence-electron chi connectivity index (χ1n) is 6.38. The maximum absolute atomic E-state index is 5.26. The van der Waals surface area contributed by atoms with Gasteiger partial charge in [0.25, 0.3) is 0 Å². The summed E-state index contributed by atoms with van der Waals surface area (Å²) in [4.78, 5) is 0. The van der Waals surface area contributed by atoms with Crippen molar-refractivity contribution in [1.82, 2.24) is 4.57 Å². The van der Waals surface area contributed by atoms with Gasteiger partial charge in [0, 0.05) is 29.2 Å². The van der Waals surface area contributed by atoms with E-state index in [0.717, 1.165) is 23.4 Å². The number of aryl methyl sites for hydroxylation is 1. The van der Waals surface area contributed by atoms with Gasteiger partial charge in [-0.3, -0.25) is 0 Å². The normalized spacial score (nSPS) is 10.8. The van der Waals surface area contributed by atoms with Crippen molar-refractivity contribution in [1.29, 1.82) is 0 Å². The number of aromatic nitrogens is 1. The third-order valence-electron chi connectivity index (χ3n) is 3.40. The van der Waals surface area contributed by atoms with Crippen LogP contribution in [-0.4, -0.2) is 11.7 Å². The first kappa shape index (κ1) is 11.8. The van der Waals surface area contributed by atoms with E-state index in [1.54, 1.807) is 7.11 Å². The summed E-state index contributed by atoms with van der Waals surface area (Å²) in [5.74, 6) is 0.876. The summed E-state index contributed by atoms with van der Waals surface area (Å²) < 4.78 is 7.54. The predicted molar refractivity (Wildman–Crippen MR) is 77.6 cm³/mol. The van der Waals surface area contributed by atoms with Gasteiger partial charge >= 0.3 is 0 Å². The molecule has 0 bridgehead atoms. The van der Waals surface area contributed by atoms with E-state index in [1.807, 2.05) is 18.2 Å². The minimum Gasteiger partial charge on any atom is -0.497 e. The summed E-state index contributed by atoms with van der Waals surface area (Å²) in [5.41, 5.74) is 3.64. The zero-order valence-electron chi connectivity index (χ0n) is 11.2. The number of rotatable bonds is 3. The minimum absolute atomic E-state index is 0.874. The van der Waals surface area contributed by atoms with Crippen molar-refractivity contribution in [3.8, 4) is 5.75 Å². The lowest BCUT2D eigenvalue weighted by molar-refractivity contribution is 0.415. The van der Waals surface area contributed by atoms with Gasteiger partial charge in [0.05, 0.1) is 7.11 Å². The van der Waals surface area contributed by atoms with Gasteiger partial charge in [-0.2, -0.15) is 0 Å². The van der Waals surface area contributed by atoms with Crippen LogP contribution in [0.4, 0.5) is 0 Å². The summed E-state index contributed by atoms with van der Waals surface area (Å²) in [5, 5.41) is 1.10. The molecule has 3 aromatic rings. The summed E-state index contributed by atoms with van der Waals surface area (Å²) in [6, 6.07) is 20.0. The van der Waals surface area contributed by atoms with Gasteiger partial charge in [0.1, 0.15) is 5.75 Å². The number of benzene rings is 2. The lowest BCUT2D eigenvalue weighted by atomic mass is 10.2. The standard InChI is InChI=1S/C17H16NO/c1-13-10-15-11-16(19-2)8-9-17(15)18(13)12-14-6-4-3-5-7-14/h3-9,11H,12H2,1-2H3. The molecular weight excluding hydrogens is 234 g/mol. The number of ether oxygens (including phenoxy) is 1. The van der Waals surface area contributed by atoms with E-state index in [0.29, 0.717) is 0 Å². The molecule has 0 N–H and O–H groups in total. The molecule has 2 heteroatoms. The van der Waals surface area contributed by atoms with E-state index in [9.17, 15) is 0 Å². The average Bonchev–Trinajstić information content (AvgIpc) is 2.75. The number of hydrogen-bond donors (Lipinski definition) is 0. The Hall–Kier alpha value is -2.22. The van der Waals surface area contributed by atoms with Crippen molar-refractivity contribution in [2.75, 3.05) is 7.11 Å². The molecule has 1 aromatic heterocycles. The van der Waals surface area contributed by atoms with Gasteiger partial charge in [0.2, 0.25) is 0 Å². The van der Waals surface area contributed by atoms with Crippen LogP contribution in [0.2, 0.25) is 0 Å². The molecule has 0 amide bonds. The van der Waals surface area contributed by atoms with Crippen LogP contribution in [0, 0.1) is 13.0 Å². The molecule has 19 heavy (non-hydrogen) atoms. The fourth-order valence-corrected chi connectivity index (χ4v) is 2.39. The Morgan fingerprint density at radius 3 is 2.63 bits per heavy atom. The molecule has 1 radical (unpaired) electrons. The maximum Gasteiger partial charge on any atom is 0.119 e. The van der Waals surface area contributed by atoms with Crippen LogP contribution >= 0.6 is 0 Å². The predicted octanol–water partition coefficient (Wildman–Crippen LogP) is 3.81. The van der Waals surface area contributed by atoms with E-state index >= 15 is 0 Å². The molecule has 0 saturated heterocycles. The molecular formula is C17H16NO. The van der Waals surface area contributed by atoms with Gasteiger partial charge < -0.3 is 9.30 Å². The van der Waals surface area contributed by atoms with Crippen LogP contribution < -0.4 is 4.74 Å². The van der Waals surface area contributed by atoms with Crippen molar-refractivity contribution in [2.45, 2.75) is 13.5 Å². The highest BCUT2D eigenvalue weighted by molar-refractivity contribution is 5.82. The molecule has 0 aliphatic rings. The molecule has 0 unspecified atom stereocenters. The Balaban J connectivity index is 2.06. The van der Waals surface area contributed by atoms with E-state index in [2.05, 4.69) is 47.9 Å². The largest absolute Gasteiger partial charge is 0.497 e. The van der Waals surface area contributed by atoms with E-state index < -0.39 is 0 Å². The smallest absolute Gasteiger partial charge is 0.119 e. The molecule has 95 valence electrons. The Morgan fingerprint density at radius 1 is 1.11 bits per heavy atom. The topological polar surface area (TPSA) is 14.2 Å². The average molecular weight is 250 g/mol. The van der Waals surface area contributed by atoms with Crippen LogP contribution in [0.3, 0.4) is 0 Å². The third kappa shape index (κ3) is 2.22. The van der Waals surface area contributed by atoms with Crippen molar-refractivity contribution in [3.05, 3.63) is 65.9 Å². The number of hydrogen-bond acceptors (Lipinski definition) is 1. The lowest BCUT2D eigenvalue weighted by Gasteiger charge is -2.08. The third-order valence-corrected chi connectivity index (χ3v) is 3.40. The second-order valence-corrected chi connectivity index (χ2v) is 4.67. The van der Waals surface area contributed by atoms with E-state index in [-0.39, 0.29) is 0 Å². The second-order valence-electron chi connectivity index (χ2n) is 4.67. The zero-order valence-corrected chi connectivity index (χ0v) is 11.2. The first-order valence-corrected chi connectivity index (χ1v) is 6.38. The zero-order chi connectivity index (χ0) is 13.2. The van der Waals surface area contributed by atoms with Crippen molar-refractivity contribution < 1.29 is 4.74 Å². The molecule has 0 saturated carbocycles. The molecule has 0 aliphatic carbocycles. The SMILES string of the molecule is COc1ccc2c([c]c(C)n2Cc2ccccc2)c1. The molecule has 2 aromatic carbocycles. The van der Waals surface area contributed by atoms with Crippen LogP contribution in [0.15, 0.2) is 48.5 Å². The van der Waals surface area contributed by atoms with Crippen LogP contribution in [-0.2, 0) is 6.54 Å². The lowest BCUT2D eigenvalue weighted by Crippen LogP contribution is -2.01. The highest BCUT2D eigenvalue weighted by Gasteiger charge is 2.07. The van der Waals surface area contributed by atoms with Crippen molar-refractivity contribution in [3.63, 3.8) is 0 Å². The van der Waals surface area contributed by atoms with Gasteiger partial charge in [0.15, 0.2) is 0 Å². The minimum atomic E-state index is 0.874. The van der Waals surface area contributed by atoms with Gasteiger partial charge in [-0.05, 0) is 30.7 Å². The van der Waals surface area contributed by atoms with E-state index in [1.165, 1.54) is 11.1 Å². The monoisotopic (exact) mass is 250 g/mol. The Kier molecular flexibility index (Phi) is 3.00. The fraction of sp³-hybridized carbons (Fsp3) is 0.176. The fourth-order valence-electron chi connectivity index (χ4n) is 2.39. The number of nitrogens with zero attached hydrogens (tertiary/aromatic N) is 1. The van der Waals surface area contributed by atoms with Gasteiger partial charge in [-0.25, -0.2) is 0 Å². The molecule has 0 fully saturated rings. The molecule has 0 spiro atoms. The summed E-state index contributed by atoms with van der Waals surface area (Å²) in [7, 11) is 1.69. The van der Waals surface area contributed by atoms with Gasteiger partial charge in [-0.1, -0.05) is 30.3 Å². The molecule has 3 rings (SSSR count). The molecule has 2 nitrogen and oxygen atoms in total. The van der Waals surface area contributed by atoms with Gasteiger partial charge in [-0.15, -0.1) is 0 Å². The first-order chi connectivity index (χ1) is 9.28. The molecule has 0 aliphatic heterocycles. The number of methoxy groups -OCH3 is 1. The quantitative estimate of drug-likeness (QED) is 0.689. The summed E-state index contributed by atoms with van der Waals surface area (Å²) in [6.07, 6.45) is 0. The summed E-state index contributed by atoms with van der Waals surface area (Å²) in [6.45, 7) is 2.97. The van der Waals surface area contributed by atoms with Crippen LogP contribution in [0.1, 0.15) is 11.3 Å². The maximum atomic E-state index is 5.26. The Labute approximate surface area is 113 Å². The second kappa shape index (κ2) is 4.81. The molecule has 1 heterocycles. The summed E-state index contributed by atoms with van der Waals surface area (Å²) >= 11 is 0. The Morgan fingerprint density at radius 2 is 1.89 bits per heavy atom. The molecule has 0 atom stereocenters. The number of fused-ring (bicyclic) bond motifs is 1. The van der Waals surface area contributed by atoms with E-state index in [4.69, 9.17) is 4.74 Å². The van der Waals surface area contributed by atoms with Crippen LogP contribution in [0.5, 0.6) is 5.75 Å². The Bertz CT molecular complexity index is 698.